The third-order valence-corrected chi connectivity index (χ3v) is 7.09. The van der Waals surface area contributed by atoms with Gasteiger partial charge in [0.05, 0.1) is 0 Å². The first-order chi connectivity index (χ1) is 8.72. The minimum atomic E-state index is -2.69. The van der Waals surface area contributed by atoms with Crippen LogP contribution in [0.15, 0.2) is 24.3 Å². The van der Waals surface area contributed by atoms with E-state index in [-0.39, 0.29) is 5.78 Å². The summed E-state index contributed by atoms with van der Waals surface area (Å²) in [6, 6.07) is 8.16. The van der Waals surface area contributed by atoms with Crippen molar-refractivity contribution in [3.63, 3.8) is 0 Å². The highest BCUT2D eigenvalue weighted by molar-refractivity contribution is 7.59. The maximum atomic E-state index is 13.5. The van der Waals surface area contributed by atoms with E-state index in [4.69, 9.17) is 0 Å². The summed E-state index contributed by atoms with van der Waals surface area (Å²) in [7, 11) is 8.82. The van der Waals surface area contributed by atoms with Gasteiger partial charge in [-0.1, -0.05) is 24.3 Å². The van der Waals surface area contributed by atoms with Crippen molar-refractivity contribution < 1.29 is 4.57 Å². The van der Waals surface area contributed by atoms with Gasteiger partial charge in [-0.25, -0.2) is 9.34 Å². The lowest BCUT2D eigenvalue weighted by molar-refractivity contribution is 0.326. The number of aryl methyl sites for hydroxylation is 1. The third-order valence-electron chi connectivity index (χ3n) is 3.42. The van der Waals surface area contributed by atoms with Crippen LogP contribution in [0.4, 0.5) is 0 Å². The second kappa shape index (κ2) is 6.19. The zero-order chi connectivity index (χ0) is 14.8. The largest absolute Gasteiger partial charge is 0.294 e. The maximum Gasteiger partial charge on any atom is 0.236 e. The van der Waals surface area contributed by atoms with E-state index in [1.807, 2.05) is 68.7 Å². The zero-order valence-corrected chi connectivity index (χ0v) is 14.0. The summed E-state index contributed by atoms with van der Waals surface area (Å²) in [6.45, 7) is 2.07. The van der Waals surface area contributed by atoms with Crippen molar-refractivity contribution in [2.45, 2.75) is 12.7 Å². The molecule has 0 bridgehead atoms. The molecule has 0 aliphatic heterocycles. The van der Waals surface area contributed by atoms with Crippen LogP contribution in [-0.2, 0) is 4.57 Å². The SMILES string of the molecule is Cc1ccccc1C(N(C)C)P(=O)(N(C)C)N(C)C. The topological polar surface area (TPSA) is 26.8 Å². The average Bonchev–Trinajstić information content (AvgIpc) is 2.30. The molecule has 0 heterocycles. The van der Waals surface area contributed by atoms with Crippen LogP contribution < -0.4 is 0 Å². The Morgan fingerprint density at radius 1 is 0.947 bits per heavy atom. The highest BCUT2D eigenvalue weighted by Crippen LogP contribution is 2.62. The number of benzene rings is 1. The van der Waals surface area contributed by atoms with Gasteiger partial charge >= 0.3 is 0 Å². The Morgan fingerprint density at radius 2 is 1.42 bits per heavy atom. The van der Waals surface area contributed by atoms with E-state index in [0.29, 0.717) is 0 Å². The third kappa shape index (κ3) is 3.09. The van der Waals surface area contributed by atoms with Crippen molar-refractivity contribution in [1.29, 1.82) is 0 Å². The van der Waals surface area contributed by atoms with Gasteiger partial charge in [-0.05, 0) is 60.3 Å². The molecule has 0 N–H and O–H groups in total. The summed E-state index contributed by atoms with van der Waals surface area (Å²) in [5, 5.41) is 0. The molecule has 108 valence electrons. The van der Waals surface area contributed by atoms with Gasteiger partial charge in [0.1, 0.15) is 5.78 Å². The molecular weight excluding hydrogens is 257 g/mol. The number of hydrogen-bond donors (Lipinski definition) is 0. The molecule has 0 aliphatic rings. The number of rotatable bonds is 5. The van der Waals surface area contributed by atoms with E-state index in [1.165, 1.54) is 5.56 Å². The van der Waals surface area contributed by atoms with Crippen LogP contribution in [0.2, 0.25) is 0 Å². The summed E-state index contributed by atoms with van der Waals surface area (Å²) in [5.41, 5.74) is 2.29. The lowest BCUT2D eigenvalue weighted by Gasteiger charge is -2.40. The summed E-state index contributed by atoms with van der Waals surface area (Å²) >= 11 is 0. The lowest BCUT2D eigenvalue weighted by Crippen LogP contribution is -2.32. The molecule has 0 aliphatic carbocycles. The second-order valence-corrected chi connectivity index (χ2v) is 8.74. The molecule has 0 fully saturated rings. The van der Waals surface area contributed by atoms with Crippen LogP contribution in [0.3, 0.4) is 0 Å². The van der Waals surface area contributed by atoms with Crippen LogP contribution in [0.5, 0.6) is 0 Å². The van der Waals surface area contributed by atoms with Crippen LogP contribution in [-0.4, -0.2) is 56.5 Å². The number of nitrogens with zero attached hydrogens (tertiary/aromatic N) is 3. The molecule has 0 spiro atoms. The van der Waals surface area contributed by atoms with E-state index in [1.54, 1.807) is 0 Å². The minimum Gasteiger partial charge on any atom is -0.294 e. The first kappa shape index (κ1) is 16.4. The van der Waals surface area contributed by atoms with Crippen LogP contribution in [0.1, 0.15) is 16.9 Å². The summed E-state index contributed by atoms with van der Waals surface area (Å²) in [4.78, 5) is 2.04. The van der Waals surface area contributed by atoms with Gasteiger partial charge < -0.3 is 0 Å². The van der Waals surface area contributed by atoms with Gasteiger partial charge in [0, 0.05) is 0 Å². The maximum absolute atomic E-state index is 13.5. The molecule has 1 atom stereocenters. The minimum absolute atomic E-state index is 0.140. The molecule has 1 aromatic carbocycles. The Kier molecular flexibility index (Phi) is 5.34. The van der Waals surface area contributed by atoms with Gasteiger partial charge in [-0.2, -0.15) is 0 Å². The molecule has 4 nitrogen and oxygen atoms in total. The molecular formula is C14H26N3OP. The smallest absolute Gasteiger partial charge is 0.236 e. The Morgan fingerprint density at radius 3 is 1.79 bits per heavy atom. The fourth-order valence-electron chi connectivity index (χ4n) is 2.43. The predicted molar refractivity (Wildman–Crippen MR) is 82.6 cm³/mol. The molecule has 0 radical (unpaired) electrons. The van der Waals surface area contributed by atoms with Gasteiger partial charge in [0.15, 0.2) is 0 Å². The summed E-state index contributed by atoms with van der Waals surface area (Å²) < 4.78 is 17.2. The molecule has 1 unspecified atom stereocenters. The van der Waals surface area contributed by atoms with Crippen LogP contribution >= 0.6 is 7.44 Å². The molecule has 0 amide bonds. The normalized spacial score (nSPS) is 14.4. The van der Waals surface area contributed by atoms with Crippen molar-refractivity contribution >= 4 is 7.44 Å². The van der Waals surface area contributed by atoms with E-state index >= 15 is 0 Å². The zero-order valence-electron chi connectivity index (χ0n) is 13.1. The van der Waals surface area contributed by atoms with Gasteiger partial charge in [0.25, 0.3) is 0 Å². The van der Waals surface area contributed by atoms with Crippen LogP contribution in [0.25, 0.3) is 0 Å². The van der Waals surface area contributed by atoms with Gasteiger partial charge in [-0.3, -0.25) is 9.46 Å². The highest BCUT2D eigenvalue weighted by Gasteiger charge is 2.40. The second-order valence-electron chi connectivity index (χ2n) is 5.48. The van der Waals surface area contributed by atoms with Crippen LogP contribution in [0, 0.1) is 6.92 Å². The Bertz CT molecular complexity index is 460. The van der Waals surface area contributed by atoms with E-state index < -0.39 is 7.44 Å². The fraction of sp³-hybridized carbons (Fsp3) is 0.571. The Labute approximate surface area is 117 Å². The average molecular weight is 283 g/mol. The molecule has 0 saturated heterocycles. The fourth-order valence-corrected chi connectivity index (χ4v) is 5.28. The lowest BCUT2D eigenvalue weighted by atomic mass is 10.1. The molecule has 0 aromatic heterocycles. The van der Waals surface area contributed by atoms with Gasteiger partial charge in [-0.15, -0.1) is 0 Å². The van der Waals surface area contributed by atoms with E-state index in [0.717, 1.165) is 5.56 Å². The van der Waals surface area contributed by atoms with E-state index in [9.17, 15) is 4.57 Å². The van der Waals surface area contributed by atoms with Gasteiger partial charge in [0.2, 0.25) is 7.44 Å². The van der Waals surface area contributed by atoms with Crippen molar-refractivity contribution in [1.82, 2.24) is 14.2 Å². The monoisotopic (exact) mass is 283 g/mol. The molecule has 19 heavy (non-hydrogen) atoms. The Balaban J connectivity index is 3.44. The van der Waals surface area contributed by atoms with E-state index in [2.05, 4.69) is 19.1 Å². The molecule has 5 heteroatoms. The molecule has 1 aromatic rings. The first-order valence-corrected chi connectivity index (χ1v) is 8.08. The van der Waals surface area contributed by atoms with Crippen molar-refractivity contribution in [2.24, 2.45) is 0 Å². The standard InChI is InChI=1S/C14H26N3OP/c1-12-10-8-9-11-13(12)14(15(2)3)19(18,16(4)5)17(6)7/h8-11,14H,1-7H3. The summed E-state index contributed by atoms with van der Waals surface area (Å²) in [6.07, 6.45) is 0. The Hall–Kier alpha value is -0.670. The first-order valence-electron chi connectivity index (χ1n) is 6.40. The summed E-state index contributed by atoms with van der Waals surface area (Å²) in [5.74, 6) is -0.140. The highest BCUT2D eigenvalue weighted by atomic mass is 31.2. The van der Waals surface area contributed by atoms with Crippen molar-refractivity contribution in [3.05, 3.63) is 35.4 Å². The molecule has 1 rings (SSSR count). The number of hydrogen-bond acceptors (Lipinski definition) is 2. The van der Waals surface area contributed by atoms with Crippen molar-refractivity contribution in [3.8, 4) is 0 Å². The quantitative estimate of drug-likeness (QED) is 0.776. The predicted octanol–water partition coefficient (Wildman–Crippen LogP) is 2.87. The van der Waals surface area contributed by atoms with Crippen molar-refractivity contribution in [2.75, 3.05) is 42.3 Å². The molecule has 0 saturated carbocycles.